The van der Waals surface area contributed by atoms with Crippen LogP contribution in [0.4, 0.5) is 0 Å². The van der Waals surface area contributed by atoms with E-state index in [-0.39, 0.29) is 0 Å². The summed E-state index contributed by atoms with van der Waals surface area (Å²) in [5.41, 5.74) is -0.410. The van der Waals surface area contributed by atoms with Crippen molar-refractivity contribution in [2.45, 2.75) is 60.0 Å². The Labute approximate surface area is 137 Å². The summed E-state index contributed by atoms with van der Waals surface area (Å²) >= 11 is 0. The highest BCUT2D eigenvalue weighted by atomic mass is 32.2. The molecule has 0 bridgehead atoms. The van der Waals surface area contributed by atoms with Crippen LogP contribution in [0, 0.1) is 11.8 Å². The summed E-state index contributed by atoms with van der Waals surface area (Å²) in [6, 6.07) is 0. The molecule has 0 aliphatic carbocycles. The van der Waals surface area contributed by atoms with Crippen molar-refractivity contribution in [1.82, 2.24) is 8.61 Å². The minimum absolute atomic E-state index is 0.410. The van der Waals surface area contributed by atoms with Crippen LogP contribution in [0.1, 0.15) is 54.4 Å². The molecular formula is C16H34N2O3S. The number of hydrogen-bond acceptors (Lipinski definition) is 3. The molecule has 0 aromatic rings. The van der Waals surface area contributed by atoms with Crippen LogP contribution in [-0.2, 0) is 14.9 Å². The smallest absolute Gasteiger partial charge is 0.282 e. The molecule has 0 atom stereocenters. The lowest BCUT2D eigenvalue weighted by Gasteiger charge is -2.39. The van der Waals surface area contributed by atoms with E-state index in [4.69, 9.17) is 4.74 Å². The Balaban J connectivity index is 2.84. The normalized spacial score (nSPS) is 20.2. The first-order valence-corrected chi connectivity index (χ1v) is 9.83. The van der Waals surface area contributed by atoms with Crippen molar-refractivity contribution in [2.75, 3.05) is 32.8 Å². The van der Waals surface area contributed by atoms with Gasteiger partial charge in [0.05, 0.1) is 12.2 Å². The fourth-order valence-corrected chi connectivity index (χ4v) is 4.26. The van der Waals surface area contributed by atoms with Crippen LogP contribution in [0.2, 0.25) is 0 Å². The van der Waals surface area contributed by atoms with E-state index in [1.807, 2.05) is 13.8 Å². The first-order valence-electron chi connectivity index (χ1n) is 8.44. The van der Waals surface area contributed by atoms with Gasteiger partial charge in [0, 0.05) is 26.2 Å². The number of rotatable bonds is 8. The van der Waals surface area contributed by atoms with Crippen LogP contribution in [0.3, 0.4) is 0 Å². The summed E-state index contributed by atoms with van der Waals surface area (Å²) in [4.78, 5) is 0. The van der Waals surface area contributed by atoms with Gasteiger partial charge in [-0.05, 0) is 38.5 Å². The summed E-state index contributed by atoms with van der Waals surface area (Å²) in [7, 11) is -3.40. The first kappa shape index (κ1) is 19.9. The molecule has 132 valence electrons. The van der Waals surface area contributed by atoms with Crippen molar-refractivity contribution in [3.63, 3.8) is 0 Å². The number of ether oxygens (including phenoxy) is 1. The van der Waals surface area contributed by atoms with Gasteiger partial charge in [-0.1, -0.05) is 27.7 Å². The maximum Gasteiger partial charge on any atom is 0.282 e. The highest BCUT2D eigenvalue weighted by Crippen LogP contribution is 2.22. The van der Waals surface area contributed by atoms with E-state index in [0.29, 0.717) is 44.6 Å². The van der Waals surface area contributed by atoms with Gasteiger partial charge in [0.2, 0.25) is 0 Å². The standard InChI is InChI=1S/C16H34N2O3S/c1-14(2)7-9-17(10-8-15(3)4)22(19,20)18-11-12-21-16(5,6)13-18/h14-15H,7-13H2,1-6H3. The topological polar surface area (TPSA) is 49.9 Å². The molecule has 1 aliphatic heterocycles. The third-order valence-corrected chi connectivity index (χ3v) is 5.94. The molecule has 0 radical (unpaired) electrons. The molecule has 22 heavy (non-hydrogen) atoms. The Morgan fingerprint density at radius 3 is 2.00 bits per heavy atom. The van der Waals surface area contributed by atoms with Gasteiger partial charge in [-0.15, -0.1) is 0 Å². The zero-order valence-corrected chi connectivity index (χ0v) is 15.9. The van der Waals surface area contributed by atoms with Gasteiger partial charge >= 0.3 is 0 Å². The maximum atomic E-state index is 13.0. The summed E-state index contributed by atoms with van der Waals surface area (Å²) in [6.45, 7) is 15.0. The molecule has 0 saturated carbocycles. The predicted molar refractivity (Wildman–Crippen MR) is 91.0 cm³/mol. The quantitative estimate of drug-likeness (QED) is 0.686. The largest absolute Gasteiger partial charge is 0.373 e. The molecule has 0 unspecified atom stereocenters. The highest BCUT2D eigenvalue weighted by Gasteiger charge is 2.37. The Kier molecular flexibility index (Phi) is 7.30. The molecule has 1 heterocycles. The van der Waals surface area contributed by atoms with Gasteiger partial charge in [0.15, 0.2) is 0 Å². The molecule has 0 aromatic carbocycles. The van der Waals surface area contributed by atoms with Gasteiger partial charge in [0.1, 0.15) is 0 Å². The van der Waals surface area contributed by atoms with E-state index in [1.54, 1.807) is 8.61 Å². The molecular weight excluding hydrogens is 300 g/mol. The van der Waals surface area contributed by atoms with E-state index in [1.165, 1.54) is 0 Å². The lowest BCUT2D eigenvalue weighted by Crippen LogP contribution is -2.55. The Bertz CT molecular complexity index is 421. The number of morpholine rings is 1. The maximum absolute atomic E-state index is 13.0. The van der Waals surface area contributed by atoms with Crippen LogP contribution in [0.15, 0.2) is 0 Å². The van der Waals surface area contributed by atoms with Crippen LogP contribution in [0.25, 0.3) is 0 Å². The van der Waals surface area contributed by atoms with E-state index in [2.05, 4.69) is 27.7 Å². The number of hydrogen-bond donors (Lipinski definition) is 0. The van der Waals surface area contributed by atoms with Crippen LogP contribution in [-0.4, -0.2) is 55.4 Å². The van der Waals surface area contributed by atoms with Gasteiger partial charge in [-0.25, -0.2) is 0 Å². The fourth-order valence-electron chi connectivity index (χ4n) is 2.48. The third kappa shape index (κ3) is 6.14. The predicted octanol–water partition coefficient (Wildman–Crippen LogP) is 2.74. The van der Waals surface area contributed by atoms with Crippen molar-refractivity contribution in [3.05, 3.63) is 0 Å². The molecule has 6 heteroatoms. The molecule has 1 aliphatic rings. The van der Waals surface area contributed by atoms with Crippen LogP contribution in [0.5, 0.6) is 0 Å². The molecule has 1 saturated heterocycles. The van der Waals surface area contributed by atoms with E-state index < -0.39 is 15.8 Å². The average molecular weight is 335 g/mol. The van der Waals surface area contributed by atoms with Crippen LogP contribution < -0.4 is 0 Å². The lowest BCUT2D eigenvalue weighted by atomic mass is 10.1. The summed E-state index contributed by atoms with van der Waals surface area (Å²) in [6.07, 6.45) is 1.79. The second kappa shape index (κ2) is 8.08. The fraction of sp³-hybridized carbons (Fsp3) is 1.00. The third-order valence-electron chi connectivity index (χ3n) is 3.95. The second-order valence-electron chi connectivity index (χ2n) is 7.71. The van der Waals surface area contributed by atoms with Crippen molar-refractivity contribution in [3.8, 4) is 0 Å². The minimum Gasteiger partial charge on any atom is -0.373 e. The molecule has 0 spiro atoms. The van der Waals surface area contributed by atoms with Gasteiger partial charge in [0.25, 0.3) is 10.2 Å². The van der Waals surface area contributed by atoms with Crippen LogP contribution >= 0.6 is 0 Å². The zero-order valence-electron chi connectivity index (χ0n) is 15.1. The van der Waals surface area contributed by atoms with Crippen molar-refractivity contribution < 1.29 is 13.2 Å². The highest BCUT2D eigenvalue weighted by molar-refractivity contribution is 7.86. The molecule has 1 rings (SSSR count). The monoisotopic (exact) mass is 334 g/mol. The Hall–Kier alpha value is -0.170. The second-order valence-corrected chi connectivity index (χ2v) is 9.64. The average Bonchev–Trinajstić information content (AvgIpc) is 2.36. The molecule has 5 nitrogen and oxygen atoms in total. The Morgan fingerprint density at radius 2 is 1.59 bits per heavy atom. The van der Waals surface area contributed by atoms with Gasteiger partial charge in [-0.3, -0.25) is 0 Å². The molecule has 1 fully saturated rings. The number of nitrogens with zero attached hydrogens (tertiary/aromatic N) is 2. The Morgan fingerprint density at radius 1 is 1.09 bits per heavy atom. The first-order chi connectivity index (χ1) is 10.0. The van der Waals surface area contributed by atoms with Crippen molar-refractivity contribution in [1.29, 1.82) is 0 Å². The van der Waals surface area contributed by atoms with E-state index >= 15 is 0 Å². The summed E-state index contributed by atoms with van der Waals surface area (Å²) in [5, 5.41) is 0. The molecule has 0 amide bonds. The zero-order chi connectivity index (χ0) is 17.0. The molecule has 0 aromatic heterocycles. The summed E-state index contributed by atoms with van der Waals surface area (Å²) in [5.74, 6) is 0.996. The lowest BCUT2D eigenvalue weighted by molar-refractivity contribution is -0.0652. The van der Waals surface area contributed by atoms with Crippen molar-refractivity contribution in [2.24, 2.45) is 11.8 Å². The van der Waals surface area contributed by atoms with Gasteiger partial charge < -0.3 is 4.74 Å². The van der Waals surface area contributed by atoms with Crippen molar-refractivity contribution >= 4 is 10.2 Å². The van der Waals surface area contributed by atoms with Gasteiger partial charge in [-0.2, -0.15) is 17.0 Å². The minimum atomic E-state index is -3.40. The molecule has 0 N–H and O–H groups in total. The van der Waals surface area contributed by atoms with E-state index in [0.717, 1.165) is 12.8 Å². The SMILES string of the molecule is CC(C)CCN(CCC(C)C)S(=O)(=O)N1CCOC(C)(C)C1. The summed E-state index contributed by atoms with van der Waals surface area (Å²) < 4.78 is 34.9. The van der Waals surface area contributed by atoms with E-state index in [9.17, 15) is 8.42 Å².